The van der Waals surface area contributed by atoms with Gasteiger partial charge in [-0.05, 0) is 44.5 Å². The van der Waals surface area contributed by atoms with E-state index in [1.165, 1.54) is 24.3 Å². The molecule has 1 aromatic carbocycles. The predicted molar refractivity (Wildman–Crippen MR) is 102 cm³/mol. The Hall–Kier alpha value is -3.16. The predicted octanol–water partition coefficient (Wildman–Crippen LogP) is 3.30. The Labute approximate surface area is 162 Å². The quantitative estimate of drug-likeness (QED) is 0.632. The second-order valence-electron chi connectivity index (χ2n) is 7.09. The maximum atomic E-state index is 13.1. The fraction of sp³-hybridized carbons (Fsp3) is 0.350. The van der Waals surface area contributed by atoms with Crippen molar-refractivity contribution in [1.29, 1.82) is 0 Å². The summed E-state index contributed by atoms with van der Waals surface area (Å²) in [5, 5.41) is 8.35. The van der Waals surface area contributed by atoms with E-state index in [1.54, 1.807) is 12.5 Å². The van der Waals surface area contributed by atoms with E-state index >= 15 is 0 Å². The van der Waals surface area contributed by atoms with Crippen molar-refractivity contribution in [3.05, 3.63) is 59.8 Å². The summed E-state index contributed by atoms with van der Waals surface area (Å²) in [5.41, 5.74) is 1.24. The molecule has 8 heteroatoms. The van der Waals surface area contributed by atoms with Gasteiger partial charge in [-0.25, -0.2) is 14.4 Å². The van der Waals surface area contributed by atoms with Crippen LogP contribution in [0.5, 0.6) is 0 Å². The van der Waals surface area contributed by atoms with E-state index in [9.17, 15) is 9.18 Å². The van der Waals surface area contributed by atoms with Crippen LogP contribution < -0.4 is 4.90 Å². The molecule has 0 spiro atoms. The minimum absolute atomic E-state index is 0.0468. The smallest absolute Gasteiger partial charge is 0.170 e. The number of hydrogen-bond donors (Lipinski definition) is 0. The summed E-state index contributed by atoms with van der Waals surface area (Å²) in [6.07, 6.45) is 4.28. The van der Waals surface area contributed by atoms with Crippen LogP contribution in [0.1, 0.15) is 55.2 Å². The first-order valence-corrected chi connectivity index (χ1v) is 9.33. The Morgan fingerprint density at radius 2 is 2.00 bits per heavy atom. The zero-order valence-electron chi connectivity index (χ0n) is 16.0. The Bertz CT molecular complexity index is 1010. The highest BCUT2D eigenvalue weighted by Crippen LogP contribution is 2.38. The van der Waals surface area contributed by atoms with Gasteiger partial charge in [0.1, 0.15) is 23.7 Å². The van der Waals surface area contributed by atoms with E-state index in [4.69, 9.17) is 4.98 Å². The van der Waals surface area contributed by atoms with Crippen molar-refractivity contribution in [1.82, 2.24) is 24.7 Å². The summed E-state index contributed by atoms with van der Waals surface area (Å²) in [6, 6.07) is 5.75. The standard InChI is InChI=1S/C20H21FN6O/c1-4-15-20-25-23-11-26(20)16-10-22-18(24-19(16)27(15)12(2)3)9-17(28)13-5-7-14(21)8-6-13/h5-8,10-12,15H,4,9H2,1-3H3. The number of nitrogens with zero attached hydrogens (tertiary/aromatic N) is 6. The molecule has 28 heavy (non-hydrogen) atoms. The lowest BCUT2D eigenvalue weighted by atomic mass is 10.1. The molecule has 0 bridgehead atoms. The summed E-state index contributed by atoms with van der Waals surface area (Å²) < 4.78 is 15.0. The Morgan fingerprint density at radius 3 is 2.68 bits per heavy atom. The average molecular weight is 380 g/mol. The molecule has 0 saturated carbocycles. The van der Waals surface area contributed by atoms with Crippen molar-refractivity contribution in [2.24, 2.45) is 0 Å². The van der Waals surface area contributed by atoms with Crippen molar-refractivity contribution < 1.29 is 9.18 Å². The third-order valence-electron chi connectivity index (χ3n) is 4.94. The van der Waals surface area contributed by atoms with Gasteiger partial charge in [-0.1, -0.05) is 6.92 Å². The van der Waals surface area contributed by atoms with Crippen molar-refractivity contribution in [3.63, 3.8) is 0 Å². The molecule has 0 saturated heterocycles. The van der Waals surface area contributed by atoms with Gasteiger partial charge in [0.15, 0.2) is 17.4 Å². The second-order valence-corrected chi connectivity index (χ2v) is 7.09. The molecule has 1 atom stereocenters. The van der Waals surface area contributed by atoms with Crippen LogP contribution in [0, 0.1) is 5.82 Å². The number of rotatable bonds is 5. The molecule has 4 rings (SSSR count). The number of fused-ring (bicyclic) bond motifs is 3. The van der Waals surface area contributed by atoms with Gasteiger partial charge >= 0.3 is 0 Å². The number of halogens is 1. The summed E-state index contributed by atoms with van der Waals surface area (Å²) in [6.45, 7) is 6.30. The molecule has 144 valence electrons. The summed E-state index contributed by atoms with van der Waals surface area (Å²) >= 11 is 0. The van der Waals surface area contributed by atoms with Gasteiger partial charge in [-0.15, -0.1) is 10.2 Å². The van der Waals surface area contributed by atoms with Gasteiger partial charge in [-0.2, -0.15) is 0 Å². The molecule has 0 amide bonds. The van der Waals surface area contributed by atoms with E-state index in [0.717, 1.165) is 23.8 Å². The average Bonchev–Trinajstić information content (AvgIpc) is 3.16. The zero-order chi connectivity index (χ0) is 19.8. The fourth-order valence-corrected chi connectivity index (χ4v) is 3.64. The number of Topliss-reactive ketones (excluding diaryl/α,β-unsaturated/α-hetero) is 1. The molecular weight excluding hydrogens is 359 g/mol. The molecule has 1 aliphatic heterocycles. The normalized spacial score (nSPS) is 15.5. The SMILES string of the molecule is CCC1c2nncn2-c2cnc(CC(=O)c3ccc(F)cc3)nc2N1C(C)C. The molecule has 3 heterocycles. The van der Waals surface area contributed by atoms with Gasteiger partial charge in [0.05, 0.1) is 18.7 Å². The molecule has 0 fully saturated rings. The summed E-state index contributed by atoms with van der Waals surface area (Å²) in [5.74, 6) is 1.55. The molecule has 1 unspecified atom stereocenters. The lowest BCUT2D eigenvalue weighted by Gasteiger charge is -2.39. The maximum absolute atomic E-state index is 13.1. The van der Waals surface area contributed by atoms with E-state index in [0.29, 0.717) is 11.4 Å². The highest BCUT2D eigenvalue weighted by atomic mass is 19.1. The van der Waals surface area contributed by atoms with Gasteiger partial charge < -0.3 is 4.90 Å². The molecular formula is C20H21FN6O. The number of ketones is 1. The van der Waals surface area contributed by atoms with Crippen LogP contribution in [0.2, 0.25) is 0 Å². The number of benzene rings is 1. The zero-order valence-corrected chi connectivity index (χ0v) is 16.0. The molecule has 7 nitrogen and oxygen atoms in total. The van der Waals surface area contributed by atoms with Crippen molar-refractivity contribution in [2.45, 2.75) is 45.7 Å². The van der Waals surface area contributed by atoms with Crippen LogP contribution in [0.25, 0.3) is 5.69 Å². The van der Waals surface area contributed by atoms with E-state index in [-0.39, 0.29) is 30.1 Å². The lowest BCUT2D eigenvalue weighted by Crippen LogP contribution is -2.40. The van der Waals surface area contributed by atoms with Gasteiger partial charge in [0.2, 0.25) is 0 Å². The minimum Gasteiger partial charge on any atom is -0.342 e. The Balaban J connectivity index is 1.71. The fourth-order valence-electron chi connectivity index (χ4n) is 3.64. The largest absolute Gasteiger partial charge is 0.342 e. The molecule has 1 aliphatic rings. The Kier molecular flexibility index (Phi) is 4.62. The maximum Gasteiger partial charge on any atom is 0.170 e. The van der Waals surface area contributed by atoms with Crippen LogP contribution >= 0.6 is 0 Å². The van der Waals surface area contributed by atoms with Gasteiger partial charge in [-0.3, -0.25) is 9.36 Å². The van der Waals surface area contributed by atoms with Crippen LogP contribution in [-0.2, 0) is 6.42 Å². The second kappa shape index (κ2) is 7.10. The van der Waals surface area contributed by atoms with E-state index < -0.39 is 0 Å². The highest BCUT2D eigenvalue weighted by Gasteiger charge is 2.35. The van der Waals surface area contributed by atoms with Crippen molar-refractivity contribution >= 4 is 11.6 Å². The topological polar surface area (TPSA) is 76.8 Å². The minimum atomic E-state index is -0.371. The molecule has 3 aromatic rings. The summed E-state index contributed by atoms with van der Waals surface area (Å²) in [7, 11) is 0. The van der Waals surface area contributed by atoms with Crippen LogP contribution in [0.4, 0.5) is 10.2 Å². The highest BCUT2D eigenvalue weighted by molar-refractivity contribution is 5.97. The number of aromatic nitrogens is 5. The third-order valence-corrected chi connectivity index (χ3v) is 4.94. The first-order valence-electron chi connectivity index (χ1n) is 9.33. The number of hydrogen-bond acceptors (Lipinski definition) is 6. The molecule has 0 aliphatic carbocycles. The summed E-state index contributed by atoms with van der Waals surface area (Å²) in [4.78, 5) is 23.9. The Morgan fingerprint density at radius 1 is 1.25 bits per heavy atom. The number of carbonyl (C=O) groups is 1. The molecule has 2 aromatic heterocycles. The van der Waals surface area contributed by atoms with Crippen LogP contribution in [-0.4, -0.2) is 36.6 Å². The van der Waals surface area contributed by atoms with E-state index in [1.807, 2.05) is 4.57 Å². The molecule has 0 radical (unpaired) electrons. The van der Waals surface area contributed by atoms with Crippen LogP contribution in [0.15, 0.2) is 36.8 Å². The third kappa shape index (κ3) is 3.04. The molecule has 0 N–H and O–H groups in total. The van der Waals surface area contributed by atoms with Gasteiger partial charge in [0.25, 0.3) is 0 Å². The lowest BCUT2D eigenvalue weighted by molar-refractivity contribution is 0.0990. The first-order chi connectivity index (χ1) is 13.5. The number of carbonyl (C=O) groups excluding carboxylic acids is 1. The first kappa shape index (κ1) is 18.2. The van der Waals surface area contributed by atoms with Gasteiger partial charge in [0, 0.05) is 11.6 Å². The van der Waals surface area contributed by atoms with Crippen molar-refractivity contribution in [3.8, 4) is 5.69 Å². The van der Waals surface area contributed by atoms with Crippen LogP contribution in [0.3, 0.4) is 0 Å². The monoisotopic (exact) mass is 380 g/mol. The van der Waals surface area contributed by atoms with Crippen molar-refractivity contribution in [2.75, 3.05) is 4.90 Å². The van der Waals surface area contributed by atoms with E-state index in [2.05, 4.69) is 40.9 Å². The number of anilines is 1.